The average molecular weight is 270 g/mol. The van der Waals surface area contributed by atoms with Gasteiger partial charge in [-0.3, -0.25) is 0 Å². The minimum atomic E-state index is -3.56. The first kappa shape index (κ1) is 12.8. The van der Waals surface area contributed by atoms with Gasteiger partial charge in [-0.2, -0.15) is 0 Å². The van der Waals surface area contributed by atoms with Crippen LogP contribution < -0.4 is 10.5 Å². The van der Waals surface area contributed by atoms with Crippen LogP contribution in [-0.4, -0.2) is 18.6 Å². The summed E-state index contributed by atoms with van der Waals surface area (Å²) in [6.45, 7) is 2.09. The third-order valence-electron chi connectivity index (χ3n) is 2.37. The molecule has 2 aromatic heterocycles. The van der Waals surface area contributed by atoms with Crippen LogP contribution in [0.1, 0.15) is 17.1 Å². The Balaban J connectivity index is 2.07. The summed E-state index contributed by atoms with van der Waals surface area (Å²) in [4.78, 5) is 2.94. The van der Waals surface area contributed by atoms with Gasteiger partial charge in [0.05, 0.1) is 17.1 Å². The van der Waals surface area contributed by atoms with Crippen LogP contribution in [0, 0.1) is 6.92 Å². The second-order valence-electron chi connectivity index (χ2n) is 3.82. The SMILES string of the molecule is Cc1cc(CNS(=O)(=O)c2c[nH]c(CN)c2)no1. The molecule has 0 saturated carbocycles. The second kappa shape index (κ2) is 4.92. The Morgan fingerprint density at radius 2 is 2.28 bits per heavy atom. The Labute approximate surface area is 104 Å². The average Bonchev–Trinajstić information content (AvgIpc) is 2.95. The van der Waals surface area contributed by atoms with Gasteiger partial charge in [0, 0.05) is 24.5 Å². The molecular weight excluding hydrogens is 256 g/mol. The first-order chi connectivity index (χ1) is 8.51. The molecule has 0 aliphatic heterocycles. The lowest BCUT2D eigenvalue weighted by atomic mass is 10.4. The van der Waals surface area contributed by atoms with Crippen molar-refractivity contribution in [2.45, 2.75) is 24.9 Å². The molecule has 8 heteroatoms. The van der Waals surface area contributed by atoms with Crippen molar-refractivity contribution in [3.05, 3.63) is 35.5 Å². The van der Waals surface area contributed by atoms with Gasteiger partial charge < -0.3 is 15.2 Å². The summed E-state index contributed by atoms with van der Waals surface area (Å²) in [6, 6.07) is 3.17. The van der Waals surface area contributed by atoms with Gasteiger partial charge >= 0.3 is 0 Å². The smallest absolute Gasteiger partial charge is 0.242 e. The topological polar surface area (TPSA) is 114 Å². The van der Waals surface area contributed by atoms with Crippen LogP contribution in [0.2, 0.25) is 0 Å². The van der Waals surface area contributed by atoms with Crippen molar-refractivity contribution in [3.8, 4) is 0 Å². The highest BCUT2D eigenvalue weighted by atomic mass is 32.2. The highest BCUT2D eigenvalue weighted by Gasteiger charge is 2.16. The molecule has 0 bridgehead atoms. The highest BCUT2D eigenvalue weighted by Crippen LogP contribution is 2.11. The van der Waals surface area contributed by atoms with Gasteiger partial charge in [-0.05, 0) is 13.0 Å². The quantitative estimate of drug-likeness (QED) is 0.720. The monoisotopic (exact) mass is 270 g/mol. The summed E-state index contributed by atoms with van der Waals surface area (Å²) >= 11 is 0. The van der Waals surface area contributed by atoms with E-state index in [-0.39, 0.29) is 18.0 Å². The van der Waals surface area contributed by atoms with Gasteiger partial charge in [-0.1, -0.05) is 5.16 Å². The molecule has 7 nitrogen and oxygen atoms in total. The molecule has 0 fully saturated rings. The molecule has 4 N–H and O–H groups in total. The molecule has 2 heterocycles. The number of H-pyrrole nitrogens is 1. The number of nitrogens with zero attached hydrogens (tertiary/aromatic N) is 1. The first-order valence-electron chi connectivity index (χ1n) is 5.30. The van der Waals surface area contributed by atoms with Gasteiger partial charge in [0.1, 0.15) is 5.76 Å². The third-order valence-corrected chi connectivity index (χ3v) is 3.75. The predicted octanol–water partition coefficient (Wildman–Crippen LogP) is 0.248. The number of rotatable bonds is 5. The predicted molar refractivity (Wildman–Crippen MR) is 63.9 cm³/mol. The van der Waals surface area contributed by atoms with Gasteiger partial charge in [0.15, 0.2) is 0 Å². The molecule has 0 saturated heterocycles. The molecule has 2 aromatic rings. The summed E-state index contributed by atoms with van der Waals surface area (Å²) in [5.41, 5.74) is 6.60. The molecule has 18 heavy (non-hydrogen) atoms. The Hall–Kier alpha value is -1.64. The zero-order valence-electron chi connectivity index (χ0n) is 9.80. The van der Waals surface area contributed by atoms with Crippen LogP contribution in [0.25, 0.3) is 0 Å². The number of hydrogen-bond donors (Lipinski definition) is 3. The fourth-order valence-electron chi connectivity index (χ4n) is 1.45. The number of aromatic amines is 1. The zero-order chi connectivity index (χ0) is 13.2. The Morgan fingerprint density at radius 3 is 2.83 bits per heavy atom. The maximum atomic E-state index is 11.9. The molecule has 0 aliphatic rings. The minimum absolute atomic E-state index is 0.0861. The molecular formula is C10H14N4O3S. The highest BCUT2D eigenvalue weighted by molar-refractivity contribution is 7.89. The molecule has 0 unspecified atom stereocenters. The summed E-state index contributed by atoms with van der Waals surface area (Å²) in [6.07, 6.45) is 1.40. The molecule has 98 valence electrons. The second-order valence-corrected chi connectivity index (χ2v) is 5.59. The number of nitrogens with two attached hydrogens (primary N) is 1. The van der Waals surface area contributed by atoms with Crippen molar-refractivity contribution in [2.24, 2.45) is 5.73 Å². The number of aromatic nitrogens is 2. The zero-order valence-corrected chi connectivity index (χ0v) is 10.6. The van der Waals surface area contributed by atoms with E-state index >= 15 is 0 Å². The minimum Gasteiger partial charge on any atom is -0.363 e. The number of aryl methyl sites for hydroxylation is 1. The first-order valence-corrected chi connectivity index (χ1v) is 6.79. The largest absolute Gasteiger partial charge is 0.363 e. The number of nitrogens with one attached hydrogen (secondary N) is 2. The fourth-order valence-corrected chi connectivity index (χ4v) is 2.46. The molecule has 2 rings (SSSR count). The lowest BCUT2D eigenvalue weighted by Gasteiger charge is -2.01. The molecule has 0 spiro atoms. The normalized spacial score (nSPS) is 11.9. The van der Waals surface area contributed by atoms with Crippen molar-refractivity contribution < 1.29 is 12.9 Å². The number of sulfonamides is 1. The Morgan fingerprint density at radius 1 is 1.50 bits per heavy atom. The van der Waals surface area contributed by atoms with Crippen molar-refractivity contribution in [1.29, 1.82) is 0 Å². The summed E-state index contributed by atoms with van der Waals surface area (Å²) in [5, 5.41) is 3.70. The van der Waals surface area contributed by atoms with Crippen LogP contribution in [0.5, 0.6) is 0 Å². The maximum absolute atomic E-state index is 11.9. The van der Waals surface area contributed by atoms with E-state index in [0.717, 1.165) is 0 Å². The Bertz CT molecular complexity index is 629. The van der Waals surface area contributed by atoms with Crippen LogP contribution in [0.3, 0.4) is 0 Å². The van der Waals surface area contributed by atoms with Crippen molar-refractivity contribution in [2.75, 3.05) is 0 Å². The van der Waals surface area contributed by atoms with Crippen LogP contribution in [0.4, 0.5) is 0 Å². The fraction of sp³-hybridized carbons (Fsp3) is 0.300. The summed E-state index contributed by atoms with van der Waals surface area (Å²) in [5.74, 6) is 0.635. The van der Waals surface area contributed by atoms with Crippen LogP contribution >= 0.6 is 0 Å². The van der Waals surface area contributed by atoms with Gasteiger partial charge in [-0.15, -0.1) is 0 Å². The van der Waals surface area contributed by atoms with E-state index < -0.39 is 10.0 Å². The van der Waals surface area contributed by atoms with Crippen molar-refractivity contribution >= 4 is 10.0 Å². The van der Waals surface area contributed by atoms with Crippen LogP contribution in [0.15, 0.2) is 27.7 Å². The maximum Gasteiger partial charge on any atom is 0.242 e. The van der Waals surface area contributed by atoms with Gasteiger partial charge in [-0.25, -0.2) is 13.1 Å². The molecule has 0 radical (unpaired) electrons. The third kappa shape index (κ3) is 2.78. The molecule has 0 aromatic carbocycles. The Kier molecular flexibility index (Phi) is 3.50. The lowest BCUT2D eigenvalue weighted by molar-refractivity contribution is 0.390. The van der Waals surface area contributed by atoms with E-state index in [1.54, 1.807) is 13.0 Å². The van der Waals surface area contributed by atoms with E-state index in [0.29, 0.717) is 17.1 Å². The van der Waals surface area contributed by atoms with Crippen LogP contribution in [-0.2, 0) is 23.1 Å². The lowest BCUT2D eigenvalue weighted by Crippen LogP contribution is -2.23. The summed E-state index contributed by atoms with van der Waals surface area (Å²) < 4.78 is 31.1. The standard InChI is InChI=1S/C10H14N4O3S/c1-7-2-9(14-17-7)5-13-18(15,16)10-3-8(4-11)12-6-10/h2-3,6,12-13H,4-5,11H2,1H3. The molecule has 0 aliphatic carbocycles. The van der Waals surface area contributed by atoms with Crippen molar-refractivity contribution in [3.63, 3.8) is 0 Å². The van der Waals surface area contributed by atoms with E-state index in [1.165, 1.54) is 12.3 Å². The number of hydrogen-bond acceptors (Lipinski definition) is 5. The molecule has 0 atom stereocenters. The summed E-state index contributed by atoms with van der Waals surface area (Å²) in [7, 11) is -3.56. The van der Waals surface area contributed by atoms with E-state index in [4.69, 9.17) is 10.3 Å². The van der Waals surface area contributed by atoms with Crippen molar-refractivity contribution in [1.82, 2.24) is 14.9 Å². The van der Waals surface area contributed by atoms with Gasteiger partial charge in [0.2, 0.25) is 10.0 Å². The van der Waals surface area contributed by atoms with E-state index in [1.807, 2.05) is 0 Å². The van der Waals surface area contributed by atoms with Gasteiger partial charge in [0.25, 0.3) is 0 Å². The van der Waals surface area contributed by atoms with E-state index in [9.17, 15) is 8.42 Å². The van der Waals surface area contributed by atoms with E-state index in [2.05, 4.69) is 14.9 Å². The molecule has 0 amide bonds.